The monoisotopic (exact) mass is 612 g/mol. The molecule has 3 aromatic heterocycles. The zero-order valence-electron chi connectivity index (χ0n) is 23.2. The Morgan fingerprint density at radius 1 is 1.16 bits per heavy atom. The number of nitrogens with one attached hydrogen (secondary N) is 2. The van der Waals surface area contributed by atoms with Gasteiger partial charge in [-0.05, 0) is 43.2 Å². The minimum absolute atomic E-state index is 0.0236. The highest BCUT2D eigenvalue weighted by atomic mass is 35.5. The quantitative estimate of drug-likeness (QED) is 0.274. The van der Waals surface area contributed by atoms with Gasteiger partial charge in [-0.3, -0.25) is 23.8 Å². The second-order valence-electron chi connectivity index (χ2n) is 10.2. The number of carbonyl (C=O) groups is 1. The van der Waals surface area contributed by atoms with Crippen molar-refractivity contribution in [1.82, 2.24) is 24.3 Å². The van der Waals surface area contributed by atoms with Crippen LogP contribution in [0.3, 0.4) is 0 Å². The molecule has 5 rings (SSSR count). The number of carbonyl (C=O) groups excluding carboxylic acids is 1. The van der Waals surface area contributed by atoms with Gasteiger partial charge in [-0.25, -0.2) is 4.98 Å². The van der Waals surface area contributed by atoms with E-state index in [2.05, 4.69) is 25.7 Å². The molecule has 1 aromatic carbocycles. The Balaban J connectivity index is 1.71. The van der Waals surface area contributed by atoms with Crippen LogP contribution in [-0.4, -0.2) is 30.2 Å². The van der Waals surface area contributed by atoms with Gasteiger partial charge in [0.25, 0.3) is 5.56 Å². The van der Waals surface area contributed by atoms with Crippen LogP contribution < -0.4 is 21.9 Å². The third-order valence-electron chi connectivity index (χ3n) is 7.34. The molecule has 2 unspecified atom stereocenters. The van der Waals surface area contributed by atoms with E-state index in [0.717, 1.165) is 10.9 Å². The lowest BCUT2D eigenvalue weighted by Gasteiger charge is -2.24. The standard InChI is InChI=1S/C29H28ClF3N8O2/c1-16-4-3-5-23(21-12-17(8-10-35-21)26-22(39-27(16)42)14-38-40(26)2)41-15-37-25(24(28(41)43)29(31,32)33)19-13-18(30)6-7-20(19)36-11-9-34/h6-16,23,36H,3-5,34H2,1-2H3,(H,39,42)/b11-9-. The Hall–Kier alpha value is -4.65. The van der Waals surface area contributed by atoms with E-state index in [1.807, 2.05) is 0 Å². The number of alkyl halides is 3. The van der Waals surface area contributed by atoms with Crippen molar-refractivity contribution >= 4 is 28.9 Å². The van der Waals surface area contributed by atoms with Crippen LogP contribution in [0.2, 0.25) is 5.02 Å². The van der Waals surface area contributed by atoms with Crippen LogP contribution in [0.25, 0.3) is 22.5 Å². The van der Waals surface area contributed by atoms with Crippen molar-refractivity contribution in [3.8, 4) is 22.5 Å². The van der Waals surface area contributed by atoms with Gasteiger partial charge >= 0.3 is 6.18 Å². The summed E-state index contributed by atoms with van der Waals surface area (Å²) >= 11 is 6.14. The molecule has 14 heteroatoms. The maximum atomic E-state index is 14.7. The van der Waals surface area contributed by atoms with Gasteiger partial charge in [0.2, 0.25) is 5.91 Å². The van der Waals surface area contributed by atoms with Gasteiger partial charge in [-0.15, -0.1) is 0 Å². The summed E-state index contributed by atoms with van der Waals surface area (Å²) in [7, 11) is 1.71. The maximum absolute atomic E-state index is 14.7. The Bertz CT molecular complexity index is 1770. The van der Waals surface area contributed by atoms with E-state index in [1.165, 1.54) is 43.0 Å². The van der Waals surface area contributed by atoms with Crippen LogP contribution >= 0.6 is 11.6 Å². The van der Waals surface area contributed by atoms with Crippen molar-refractivity contribution in [2.75, 3.05) is 10.6 Å². The minimum atomic E-state index is -5.05. The summed E-state index contributed by atoms with van der Waals surface area (Å²) in [6, 6.07) is 6.75. The minimum Gasteiger partial charge on any atom is -0.403 e. The molecule has 43 heavy (non-hydrogen) atoms. The number of nitrogens with zero attached hydrogens (tertiary/aromatic N) is 5. The molecule has 1 aliphatic rings. The summed E-state index contributed by atoms with van der Waals surface area (Å²) in [5.41, 5.74) is 4.37. The number of hydrogen-bond donors (Lipinski definition) is 3. The van der Waals surface area contributed by atoms with Crippen LogP contribution in [-0.2, 0) is 18.0 Å². The van der Waals surface area contributed by atoms with E-state index in [9.17, 15) is 22.8 Å². The van der Waals surface area contributed by atoms with Crippen LogP contribution in [0.15, 0.2) is 66.2 Å². The lowest BCUT2D eigenvalue weighted by molar-refractivity contribution is -0.138. The van der Waals surface area contributed by atoms with Crippen molar-refractivity contribution in [2.45, 2.75) is 38.4 Å². The first-order valence-electron chi connectivity index (χ1n) is 13.4. The number of fused-ring (bicyclic) bond motifs is 4. The van der Waals surface area contributed by atoms with Crippen LogP contribution in [0.4, 0.5) is 24.5 Å². The Morgan fingerprint density at radius 3 is 2.70 bits per heavy atom. The Labute approximate surface area is 249 Å². The SMILES string of the molecule is CC1CCCC(n2cnc(-c3cc(Cl)ccc3N/C=C\N)c(C(F)(F)F)c2=O)c2cc(ccn2)-c2c(cnn2C)NC1=O. The molecule has 1 aliphatic heterocycles. The number of anilines is 2. The molecule has 2 atom stereocenters. The molecule has 2 bridgehead atoms. The highest BCUT2D eigenvalue weighted by molar-refractivity contribution is 6.31. The number of rotatable bonds is 4. The second kappa shape index (κ2) is 11.9. The average Bonchev–Trinajstić information content (AvgIpc) is 3.33. The Morgan fingerprint density at radius 2 is 1.95 bits per heavy atom. The lowest BCUT2D eigenvalue weighted by Crippen LogP contribution is -2.33. The van der Waals surface area contributed by atoms with E-state index in [4.69, 9.17) is 17.3 Å². The summed E-state index contributed by atoms with van der Waals surface area (Å²) in [6.45, 7) is 1.77. The largest absolute Gasteiger partial charge is 0.423 e. The molecule has 0 radical (unpaired) electrons. The highest BCUT2D eigenvalue weighted by Gasteiger charge is 2.40. The van der Waals surface area contributed by atoms with E-state index in [0.29, 0.717) is 35.5 Å². The van der Waals surface area contributed by atoms with Gasteiger partial charge in [0, 0.05) is 53.4 Å². The van der Waals surface area contributed by atoms with Gasteiger partial charge in [-0.1, -0.05) is 24.9 Å². The van der Waals surface area contributed by atoms with Crippen molar-refractivity contribution < 1.29 is 18.0 Å². The number of hydrogen-bond acceptors (Lipinski definition) is 7. The van der Waals surface area contributed by atoms with Gasteiger partial charge in [0.15, 0.2) is 0 Å². The second-order valence-corrected chi connectivity index (χ2v) is 10.6. The van der Waals surface area contributed by atoms with E-state index < -0.39 is 35.0 Å². The first-order chi connectivity index (χ1) is 20.5. The van der Waals surface area contributed by atoms with Crippen LogP contribution in [0.5, 0.6) is 0 Å². The van der Waals surface area contributed by atoms with Crippen molar-refractivity contribution in [1.29, 1.82) is 0 Å². The summed E-state index contributed by atoms with van der Waals surface area (Å²) in [5.74, 6) is -0.614. The Kier molecular flexibility index (Phi) is 8.27. The smallest absolute Gasteiger partial charge is 0.403 e. The normalized spacial score (nSPS) is 17.6. The molecule has 4 aromatic rings. The molecular formula is C29H28ClF3N8O2. The lowest BCUT2D eigenvalue weighted by atomic mass is 9.96. The number of benzene rings is 1. The van der Waals surface area contributed by atoms with Gasteiger partial charge < -0.3 is 16.4 Å². The number of amides is 1. The zero-order chi connectivity index (χ0) is 30.9. The van der Waals surface area contributed by atoms with Crippen molar-refractivity contribution in [2.24, 2.45) is 18.7 Å². The fourth-order valence-corrected chi connectivity index (χ4v) is 5.38. The number of aryl methyl sites for hydroxylation is 1. The van der Waals surface area contributed by atoms with Crippen molar-refractivity contribution in [3.05, 3.63) is 88.1 Å². The van der Waals surface area contributed by atoms with Gasteiger partial charge in [-0.2, -0.15) is 18.3 Å². The number of aromatic nitrogens is 5. The third-order valence-corrected chi connectivity index (χ3v) is 7.58. The molecule has 10 nitrogen and oxygen atoms in total. The molecular weight excluding hydrogens is 585 g/mol. The predicted octanol–water partition coefficient (Wildman–Crippen LogP) is 5.57. The fraction of sp³-hybridized carbons (Fsp3) is 0.276. The number of nitrogens with two attached hydrogens (primary N) is 1. The highest BCUT2D eigenvalue weighted by Crippen LogP contribution is 2.39. The molecule has 0 saturated carbocycles. The van der Waals surface area contributed by atoms with Gasteiger partial charge in [0.1, 0.15) is 5.56 Å². The fourth-order valence-electron chi connectivity index (χ4n) is 5.21. The maximum Gasteiger partial charge on any atom is 0.423 e. The summed E-state index contributed by atoms with van der Waals surface area (Å²) in [4.78, 5) is 35.4. The summed E-state index contributed by atoms with van der Waals surface area (Å²) < 4.78 is 46.5. The van der Waals surface area contributed by atoms with Crippen LogP contribution in [0, 0.1) is 5.92 Å². The molecule has 224 valence electrons. The average molecular weight is 613 g/mol. The van der Waals surface area contributed by atoms with Gasteiger partial charge in [0.05, 0.1) is 41.3 Å². The molecule has 0 fully saturated rings. The van der Waals surface area contributed by atoms with Crippen LogP contribution in [0.1, 0.15) is 43.5 Å². The zero-order valence-corrected chi connectivity index (χ0v) is 23.9. The molecule has 0 saturated heterocycles. The topological polar surface area (TPSA) is 133 Å². The third kappa shape index (κ3) is 5.98. The predicted molar refractivity (Wildman–Crippen MR) is 157 cm³/mol. The summed E-state index contributed by atoms with van der Waals surface area (Å²) in [6.07, 6.45) is 2.69. The van der Waals surface area contributed by atoms with E-state index >= 15 is 0 Å². The number of halogens is 4. The first kappa shape index (κ1) is 29.8. The first-order valence-corrected chi connectivity index (χ1v) is 13.8. The van der Waals surface area contributed by atoms with E-state index in [-0.39, 0.29) is 28.6 Å². The molecule has 4 N–H and O–H groups in total. The number of pyridine rings is 1. The molecule has 0 aliphatic carbocycles. The molecule has 4 heterocycles. The van der Waals surface area contributed by atoms with Crippen molar-refractivity contribution in [3.63, 3.8) is 0 Å². The summed E-state index contributed by atoms with van der Waals surface area (Å²) in [5, 5.41) is 10.1. The van der Waals surface area contributed by atoms with E-state index in [1.54, 1.807) is 30.8 Å². The molecule has 0 spiro atoms. The molecule has 1 amide bonds.